The molecule has 0 radical (unpaired) electrons. The molecule has 0 amide bonds. The van der Waals surface area contributed by atoms with Gasteiger partial charge in [-0.1, -0.05) is 0 Å². The lowest BCUT2D eigenvalue weighted by atomic mass is 10.2. The third kappa shape index (κ3) is 4.91. The molecular weight excluding hydrogens is 285 g/mol. The number of hydrogen-bond acceptors (Lipinski definition) is 5. The van der Waals surface area contributed by atoms with E-state index in [1.165, 1.54) is 7.05 Å². The van der Waals surface area contributed by atoms with Crippen molar-refractivity contribution in [3.63, 3.8) is 0 Å². The maximum Gasteiger partial charge on any atom is 0.416 e. The van der Waals surface area contributed by atoms with Crippen LogP contribution in [-0.2, 0) is 16.2 Å². The van der Waals surface area contributed by atoms with Gasteiger partial charge in [0.1, 0.15) is 11.6 Å². The summed E-state index contributed by atoms with van der Waals surface area (Å²) in [5.41, 5.74) is 4.31. The molecule has 1 heterocycles. The molecule has 108 valence electrons. The number of aromatic nitrogens is 1. The van der Waals surface area contributed by atoms with E-state index in [0.29, 0.717) is 6.07 Å². The molecule has 6 nitrogen and oxygen atoms in total. The minimum absolute atomic E-state index is 0.0864. The summed E-state index contributed by atoms with van der Waals surface area (Å²) in [5, 5.41) is 2.48. The fourth-order valence-corrected chi connectivity index (χ4v) is 1.80. The quantitative estimate of drug-likeness (QED) is 0.741. The molecule has 0 saturated carbocycles. The van der Waals surface area contributed by atoms with Crippen LogP contribution in [-0.4, -0.2) is 32.7 Å². The number of pyridine rings is 1. The highest BCUT2D eigenvalue weighted by atomic mass is 32.2. The van der Waals surface area contributed by atoms with Gasteiger partial charge in [0, 0.05) is 6.54 Å². The summed E-state index contributed by atoms with van der Waals surface area (Å²) < 4.78 is 61.8. The third-order valence-electron chi connectivity index (χ3n) is 2.16. The number of anilines is 2. The van der Waals surface area contributed by atoms with Crippen LogP contribution in [0.1, 0.15) is 5.56 Å². The maximum absolute atomic E-state index is 12.5. The lowest BCUT2D eigenvalue weighted by Gasteiger charge is -2.11. The van der Waals surface area contributed by atoms with Gasteiger partial charge in [0.2, 0.25) is 10.0 Å². The molecule has 0 aliphatic carbocycles. The first-order valence-corrected chi connectivity index (χ1v) is 6.79. The Bertz CT molecular complexity index is 545. The van der Waals surface area contributed by atoms with Gasteiger partial charge in [-0.25, -0.2) is 18.1 Å². The Balaban J connectivity index is 2.77. The van der Waals surface area contributed by atoms with Gasteiger partial charge in [0.15, 0.2) is 0 Å². The van der Waals surface area contributed by atoms with Crippen LogP contribution in [0.2, 0.25) is 0 Å². The minimum atomic E-state index is -4.54. The minimum Gasteiger partial charge on any atom is -0.384 e. The van der Waals surface area contributed by atoms with E-state index in [2.05, 4.69) is 15.0 Å². The Morgan fingerprint density at radius 1 is 1.37 bits per heavy atom. The summed E-state index contributed by atoms with van der Waals surface area (Å²) in [4.78, 5) is 3.64. The predicted molar refractivity (Wildman–Crippen MR) is 65.0 cm³/mol. The number of hydrogen-bond donors (Lipinski definition) is 3. The molecule has 0 unspecified atom stereocenters. The fourth-order valence-electron chi connectivity index (χ4n) is 1.22. The Morgan fingerprint density at radius 3 is 2.53 bits per heavy atom. The molecule has 1 aromatic rings. The molecule has 1 aromatic heterocycles. The lowest BCUT2D eigenvalue weighted by molar-refractivity contribution is -0.137. The van der Waals surface area contributed by atoms with Crippen LogP contribution < -0.4 is 15.8 Å². The highest BCUT2D eigenvalue weighted by Crippen LogP contribution is 2.31. The molecule has 4 N–H and O–H groups in total. The van der Waals surface area contributed by atoms with Crippen molar-refractivity contribution in [2.75, 3.05) is 30.4 Å². The number of nitrogens with zero attached hydrogens (tertiary/aromatic N) is 1. The number of nitrogen functional groups attached to an aromatic ring is 1. The highest BCUT2D eigenvalue weighted by molar-refractivity contribution is 7.89. The third-order valence-corrected chi connectivity index (χ3v) is 3.52. The van der Waals surface area contributed by atoms with Crippen molar-refractivity contribution in [2.24, 2.45) is 0 Å². The largest absolute Gasteiger partial charge is 0.416 e. The van der Waals surface area contributed by atoms with Crippen molar-refractivity contribution < 1.29 is 21.6 Å². The molecule has 0 aliphatic heterocycles. The Hall–Kier alpha value is -1.55. The normalized spacial score (nSPS) is 12.4. The predicted octanol–water partition coefficient (Wildman–Crippen LogP) is 0.644. The van der Waals surface area contributed by atoms with E-state index in [9.17, 15) is 21.6 Å². The second-order valence-corrected chi connectivity index (χ2v) is 5.66. The molecule has 0 spiro atoms. The molecule has 0 saturated heterocycles. The molecule has 0 bridgehead atoms. The van der Waals surface area contributed by atoms with E-state index in [-0.39, 0.29) is 23.9 Å². The first-order chi connectivity index (χ1) is 8.64. The highest BCUT2D eigenvalue weighted by Gasteiger charge is 2.31. The zero-order chi connectivity index (χ0) is 14.7. The van der Waals surface area contributed by atoms with Crippen LogP contribution >= 0.6 is 0 Å². The van der Waals surface area contributed by atoms with Gasteiger partial charge in [-0.2, -0.15) is 13.2 Å². The van der Waals surface area contributed by atoms with Gasteiger partial charge in [-0.15, -0.1) is 0 Å². The average molecular weight is 298 g/mol. The second-order valence-electron chi connectivity index (χ2n) is 3.61. The van der Waals surface area contributed by atoms with Crippen molar-refractivity contribution >= 4 is 21.7 Å². The summed E-state index contributed by atoms with van der Waals surface area (Å²) in [6.45, 7) is -0.0864. The van der Waals surface area contributed by atoms with Gasteiger partial charge in [0.25, 0.3) is 0 Å². The summed E-state index contributed by atoms with van der Waals surface area (Å²) in [6.07, 6.45) is -4.54. The van der Waals surface area contributed by atoms with E-state index >= 15 is 0 Å². The number of nitrogens with one attached hydrogen (secondary N) is 2. The summed E-state index contributed by atoms with van der Waals surface area (Å²) in [6, 6.07) is 1.47. The number of rotatable bonds is 5. The number of halogens is 3. The molecule has 0 fully saturated rings. The first-order valence-electron chi connectivity index (χ1n) is 5.14. The van der Waals surface area contributed by atoms with Gasteiger partial charge < -0.3 is 11.1 Å². The van der Waals surface area contributed by atoms with Gasteiger partial charge in [0.05, 0.1) is 11.3 Å². The second kappa shape index (κ2) is 5.61. The number of nitrogens with two attached hydrogens (primary N) is 1. The molecule has 0 atom stereocenters. The summed E-state index contributed by atoms with van der Waals surface area (Å²) in [5.74, 6) is -0.714. The Kier molecular flexibility index (Phi) is 4.58. The summed E-state index contributed by atoms with van der Waals surface area (Å²) in [7, 11) is -2.19. The molecule has 0 aliphatic rings. The fraction of sp³-hybridized carbons (Fsp3) is 0.444. The lowest BCUT2D eigenvalue weighted by Crippen LogP contribution is -2.26. The Morgan fingerprint density at radius 2 is 2.00 bits per heavy atom. The molecule has 1 rings (SSSR count). The molecule has 0 aromatic carbocycles. The van der Waals surface area contributed by atoms with Crippen molar-refractivity contribution in [3.8, 4) is 0 Å². The van der Waals surface area contributed by atoms with Crippen LogP contribution in [0.4, 0.5) is 24.8 Å². The molecule has 10 heteroatoms. The van der Waals surface area contributed by atoms with E-state index in [1.54, 1.807) is 0 Å². The number of alkyl halides is 3. The van der Waals surface area contributed by atoms with Gasteiger partial charge in [-0.05, 0) is 19.2 Å². The van der Waals surface area contributed by atoms with Crippen molar-refractivity contribution in [1.82, 2.24) is 9.71 Å². The van der Waals surface area contributed by atoms with Gasteiger partial charge in [-0.3, -0.25) is 0 Å². The van der Waals surface area contributed by atoms with Crippen LogP contribution in [0.25, 0.3) is 0 Å². The smallest absolute Gasteiger partial charge is 0.384 e. The zero-order valence-electron chi connectivity index (χ0n) is 9.95. The number of sulfonamides is 1. The maximum atomic E-state index is 12.5. The van der Waals surface area contributed by atoms with E-state index in [0.717, 1.165) is 6.07 Å². The van der Waals surface area contributed by atoms with E-state index in [4.69, 9.17) is 5.73 Å². The SMILES string of the molecule is CNS(=O)(=O)CCNc1cc(C(F)(F)F)cc(N)n1. The topological polar surface area (TPSA) is 97.1 Å². The van der Waals surface area contributed by atoms with Crippen LogP contribution in [0, 0.1) is 0 Å². The molecule has 19 heavy (non-hydrogen) atoms. The van der Waals surface area contributed by atoms with Crippen LogP contribution in [0.15, 0.2) is 12.1 Å². The first kappa shape index (κ1) is 15.5. The average Bonchev–Trinajstić information content (AvgIpc) is 2.27. The van der Waals surface area contributed by atoms with Gasteiger partial charge >= 0.3 is 6.18 Å². The van der Waals surface area contributed by atoms with Crippen molar-refractivity contribution in [2.45, 2.75) is 6.18 Å². The van der Waals surface area contributed by atoms with Crippen LogP contribution in [0.5, 0.6) is 0 Å². The monoisotopic (exact) mass is 298 g/mol. The van der Waals surface area contributed by atoms with E-state index < -0.39 is 21.8 Å². The zero-order valence-corrected chi connectivity index (χ0v) is 10.8. The summed E-state index contributed by atoms with van der Waals surface area (Å²) >= 11 is 0. The molecular formula is C9H13F3N4O2S. The van der Waals surface area contributed by atoms with Crippen molar-refractivity contribution in [3.05, 3.63) is 17.7 Å². The van der Waals surface area contributed by atoms with Crippen LogP contribution in [0.3, 0.4) is 0 Å². The van der Waals surface area contributed by atoms with E-state index in [1.807, 2.05) is 0 Å². The standard InChI is InChI=1S/C9H13F3N4O2S/c1-14-19(17,18)3-2-15-8-5-6(9(10,11)12)4-7(13)16-8/h4-5,14H,2-3H2,1H3,(H3,13,15,16). The van der Waals surface area contributed by atoms with Crippen molar-refractivity contribution in [1.29, 1.82) is 0 Å². The Labute approximate surface area is 108 Å².